The molecule has 0 saturated heterocycles. The van der Waals surface area contributed by atoms with E-state index < -0.39 is 11.8 Å². The number of hydrogen-bond donors (Lipinski definition) is 0. The van der Waals surface area contributed by atoms with Crippen molar-refractivity contribution >= 4 is 28.7 Å². The highest BCUT2D eigenvalue weighted by atomic mass is 19.1. The largest absolute Gasteiger partial charge is 0.424 e. The summed E-state index contributed by atoms with van der Waals surface area (Å²) in [6.07, 6.45) is 5.03. The number of carbonyl (C=O) groups is 2. The molecule has 5 nitrogen and oxygen atoms in total. The summed E-state index contributed by atoms with van der Waals surface area (Å²) in [6.45, 7) is 1.81. The van der Waals surface area contributed by atoms with Crippen molar-refractivity contribution in [2.45, 2.75) is 19.9 Å². The van der Waals surface area contributed by atoms with Crippen molar-refractivity contribution in [3.8, 4) is 5.75 Å². The Bertz CT molecular complexity index is 1310. The van der Waals surface area contributed by atoms with E-state index in [0.717, 1.165) is 22.0 Å². The van der Waals surface area contributed by atoms with Crippen LogP contribution in [0.4, 0.5) is 4.39 Å². The molecule has 0 spiro atoms. The summed E-state index contributed by atoms with van der Waals surface area (Å²) in [5, 5.41) is 5.48. The molecule has 0 radical (unpaired) electrons. The molecule has 0 unspecified atom stereocenters. The molecule has 4 rings (SSSR count). The first-order valence-electron chi connectivity index (χ1n) is 10.2. The SMILES string of the molecule is CC(=O)Oc1cc(/C=C/C(=O)Cc2cccc3cnn(Cc4ccccc4)c23)ccc1F. The van der Waals surface area contributed by atoms with E-state index in [2.05, 4.69) is 5.10 Å². The van der Waals surface area contributed by atoms with Crippen molar-refractivity contribution < 1.29 is 18.7 Å². The molecule has 0 bridgehead atoms. The number of para-hydroxylation sites is 1. The number of ether oxygens (including phenoxy) is 1. The molecule has 6 heteroatoms. The van der Waals surface area contributed by atoms with E-state index in [9.17, 15) is 14.0 Å². The number of esters is 1. The number of hydrogen-bond acceptors (Lipinski definition) is 4. The zero-order valence-electron chi connectivity index (χ0n) is 17.5. The summed E-state index contributed by atoms with van der Waals surface area (Å²) in [5.74, 6) is -1.52. The van der Waals surface area contributed by atoms with Crippen LogP contribution in [0.5, 0.6) is 5.75 Å². The van der Waals surface area contributed by atoms with Gasteiger partial charge in [0.25, 0.3) is 0 Å². The van der Waals surface area contributed by atoms with Gasteiger partial charge in [-0.3, -0.25) is 14.3 Å². The third-order valence-electron chi connectivity index (χ3n) is 4.96. The van der Waals surface area contributed by atoms with E-state index >= 15 is 0 Å². The van der Waals surface area contributed by atoms with Crippen molar-refractivity contribution in [3.63, 3.8) is 0 Å². The fourth-order valence-corrected chi connectivity index (χ4v) is 3.53. The highest BCUT2D eigenvalue weighted by molar-refractivity contribution is 5.97. The van der Waals surface area contributed by atoms with Gasteiger partial charge in [-0.1, -0.05) is 60.7 Å². The van der Waals surface area contributed by atoms with E-state index in [-0.39, 0.29) is 18.0 Å². The summed E-state index contributed by atoms with van der Waals surface area (Å²) >= 11 is 0. The molecule has 0 aliphatic heterocycles. The molecule has 160 valence electrons. The smallest absolute Gasteiger partial charge is 0.308 e. The molecule has 0 N–H and O–H groups in total. The minimum absolute atomic E-state index is 0.108. The minimum atomic E-state index is -0.637. The fourth-order valence-electron chi connectivity index (χ4n) is 3.53. The lowest BCUT2D eigenvalue weighted by Crippen LogP contribution is -2.06. The molecular weight excluding hydrogens is 407 g/mol. The Kier molecular flexibility index (Phi) is 6.22. The molecule has 32 heavy (non-hydrogen) atoms. The number of allylic oxidation sites excluding steroid dienone is 1. The van der Waals surface area contributed by atoms with Crippen molar-refractivity contribution in [2.24, 2.45) is 0 Å². The third kappa shape index (κ3) is 4.98. The van der Waals surface area contributed by atoms with Gasteiger partial charge in [-0.15, -0.1) is 0 Å². The van der Waals surface area contributed by atoms with E-state index in [1.807, 2.05) is 53.2 Å². The van der Waals surface area contributed by atoms with Crippen LogP contribution in [0.1, 0.15) is 23.6 Å². The Balaban J connectivity index is 1.54. The molecule has 1 heterocycles. The van der Waals surface area contributed by atoms with E-state index in [4.69, 9.17) is 4.74 Å². The predicted molar refractivity (Wildman–Crippen MR) is 121 cm³/mol. The number of fused-ring (bicyclic) bond motifs is 1. The second kappa shape index (κ2) is 9.39. The molecular formula is C26H21FN2O3. The van der Waals surface area contributed by atoms with Crippen LogP contribution in [-0.2, 0) is 22.6 Å². The normalized spacial score (nSPS) is 11.2. The van der Waals surface area contributed by atoms with Crippen molar-refractivity contribution in [1.29, 1.82) is 0 Å². The van der Waals surface area contributed by atoms with E-state index in [1.165, 1.54) is 31.2 Å². The molecule has 0 aliphatic carbocycles. The maximum absolute atomic E-state index is 13.8. The average molecular weight is 428 g/mol. The zero-order chi connectivity index (χ0) is 22.5. The number of rotatable bonds is 7. The maximum Gasteiger partial charge on any atom is 0.308 e. The topological polar surface area (TPSA) is 61.2 Å². The lowest BCUT2D eigenvalue weighted by atomic mass is 10.0. The fraction of sp³-hybridized carbons (Fsp3) is 0.115. The monoisotopic (exact) mass is 428 g/mol. The number of benzene rings is 3. The first kappa shape index (κ1) is 21.2. The highest BCUT2D eigenvalue weighted by Crippen LogP contribution is 2.22. The van der Waals surface area contributed by atoms with Crippen LogP contribution in [0.25, 0.3) is 17.0 Å². The minimum Gasteiger partial charge on any atom is -0.424 e. The van der Waals surface area contributed by atoms with Gasteiger partial charge in [0.15, 0.2) is 17.3 Å². The number of ketones is 1. The van der Waals surface area contributed by atoms with Gasteiger partial charge in [0.05, 0.1) is 18.3 Å². The highest BCUT2D eigenvalue weighted by Gasteiger charge is 2.11. The molecule has 0 saturated carbocycles. The molecule has 0 atom stereocenters. The third-order valence-corrected chi connectivity index (χ3v) is 4.96. The Hall–Kier alpha value is -4.06. The average Bonchev–Trinajstić information content (AvgIpc) is 3.18. The van der Waals surface area contributed by atoms with Gasteiger partial charge in [-0.25, -0.2) is 4.39 Å². The van der Waals surface area contributed by atoms with Crippen molar-refractivity contribution in [1.82, 2.24) is 9.78 Å². The second-order valence-corrected chi connectivity index (χ2v) is 7.40. The number of carbonyl (C=O) groups excluding carboxylic acids is 2. The molecule has 0 aliphatic rings. The van der Waals surface area contributed by atoms with Gasteiger partial charge in [-0.2, -0.15) is 5.10 Å². The number of nitrogens with zero attached hydrogens (tertiary/aromatic N) is 2. The van der Waals surface area contributed by atoms with Crippen molar-refractivity contribution in [3.05, 3.63) is 102 Å². The summed E-state index contributed by atoms with van der Waals surface area (Å²) in [5.41, 5.74) is 3.49. The summed E-state index contributed by atoms with van der Waals surface area (Å²) in [7, 11) is 0. The summed E-state index contributed by atoms with van der Waals surface area (Å²) < 4.78 is 20.5. The van der Waals surface area contributed by atoms with Crippen LogP contribution in [0, 0.1) is 5.82 Å². The van der Waals surface area contributed by atoms with Gasteiger partial charge >= 0.3 is 5.97 Å². The van der Waals surface area contributed by atoms with Crippen LogP contribution in [-0.4, -0.2) is 21.5 Å². The van der Waals surface area contributed by atoms with Crippen LogP contribution < -0.4 is 4.74 Å². The van der Waals surface area contributed by atoms with Crippen molar-refractivity contribution in [2.75, 3.05) is 0 Å². The maximum atomic E-state index is 13.8. The van der Waals surface area contributed by atoms with Crippen LogP contribution >= 0.6 is 0 Å². The lowest BCUT2D eigenvalue weighted by Gasteiger charge is -2.08. The first-order chi connectivity index (χ1) is 15.5. The number of aromatic nitrogens is 2. The molecule has 0 amide bonds. The Morgan fingerprint density at radius 1 is 1.06 bits per heavy atom. The lowest BCUT2D eigenvalue weighted by molar-refractivity contribution is -0.132. The molecule has 4 aromatic rings. The summed E-state index contributed by atoms with van der Waals surface area (Å²) in [6, 6.07) is 19.9. The Labute approximate surface area is 184 Å². The standard InChI is InChI=1S/C26H21FN2O3/c1-18(30)32-25-14-19(11-13-24(25)27)10-12-23(31)15-21-8-5-9-22-16-28-29(26(21)22)17-20-6-3-2-4-7-20/h2-14,16H,15,17H2,1H3/b12-10+. The van der Waals surface area contributed by atoms with Crippen LogP contribution in [0.3, 0.4) is 0 Å². The van der Waals surface area contributed by atoms with Gasteiger partial charge in [0, 0.05) is 18.7 Å². The molecule has 1 aromatic heterocycles. The predicted octanol–water partition coefficient (Wildman–Crippen LogP) is 4.97. The Morgan fingerprint density at radius 3 is 2.66 bits per heavy atom. The summed E-state index contributed by atoms with van der Waals surface area (Å²) in [4.78, 5) is 23.8. The van der Waals surface area contributed by atoms with Gasteiger partial charge in [0.1, 0.15) is 0 Å². The van der Waals surface area contributed by atoms with Crippen LogP contribution in [0.15, 0.2) is 79.0 Å². The molecule has 0 fully saturated rings. The van der Waals surface area contributed by atoms with E-state index in [0.29, 0.717) is 12.1 Å². The quantitative estimate of drug-likeness (QED) is 0.237. The van der Waals surface area contributed by atoms with Gasteiger partial charge in [-0.05, 0) is 34.9 Å². The first-order valence-corrected chi connectivity index (χ1v) is 10.2. The Morgan fingerprint density at radius 2 is 1.88 bits per heavy atom. The number of halogens is 1. The molecule has 3 aromatic carbocycles. The van der Waals surface area contributed by atoms with E-state index in [1.54, 1.807) is 12.3 Å². The van der Waals surface area contributed by atoms with Crippen LogP contribution in [0.2, 0.25) is 0 Å². The van der Waals surface area contributed by atoms with Gasteiger partial charge < -0.3 is 4.74 Å². The second-order valence-electron chi connectivity index (χ2n) is 7.40. The van der Waals surface area contributed by atoms with Gasteiger partial charge in [0.2, 0.25) is 0 Å². The zero-order valence-corrected chi connectivity index (χ0v) is 17.5.